The number of anilines is 1. The Morgan fingerprint density at radius 1 is 0.542 bits per heavy atom. The van der Waals surface area contributed by atoms with Gasteiger partial charge in [0.2, 0.25) is 0 Å². The van der Waals surface area contributed by atoms with Crippen molar-refractivity contribution in [2.24, 2.45) is 11.8 Å². The minimum absolute atomic E-state index is 0.0234. The highest BCUT2D eigenvalue weighted by Crippen LogP contribution is 2.42. The summed E-state index contributed by atoms with van der Waals surface area (Å²) in [5.74, 6) is 0.926. The van der Waals surface area contributed by atoms with Crippen molar-refractivity contribution in [2.75, 3.05) is 137 Å². The summed E-state index contributed by atoms with van der Waals surface area (Å²) in [5, 5.41) is 39.4. The monoisotopic (exact) mass is 1160 g/mol. The van der Waals surface area contributed by atoms with E-state index in [9.17, 15) is 19.8 Å². The molecular formula is C67H100N2O14. The lowest BCUT2D eigenvalue weighted by Gasteiger charge is -2.38. The molecule has 0 radical (unpaired) electrons. The summed E-state index contributed by atoms with van der Waals surface area (Å²) in [6, 6.07) is 17.0. The SMILES string of the molecule is Cc1cc(CCC(=O)OCCOCCN(CCOCCOCCO)c2ccc(C(C3C=CC=CC3)C3C=CC(N(CCOCCOCCO)CCOCCOC(=O)CCc4cc(C)c(O)c(C(C)(C)C)c4)CC3)cc2)cc(C(C)(C)C)c1O. The van der Waals surface area contributed by atoms with Gasteiger partial charge >= 0.3 is 11.9 Å². The molecule has 0 spiro atoms. The van der Waals surface area contributed by atoms with Gasteiger partial charge in [0, 0.05) is 50.7 Å². The van der Waals surface area contributed by atoms with E-state index in [0.717, 1.165) is 58.3 Å². The summed E-state index contributed by atoms with van der Waals surface area (Å²) >= 11 is 0. The van der Waals surface area contributed by atoms with E-state index in [4.69, 9.17) is 48.1 Å². The fourth-order valence-corrected chi connectivity index (χ4v) is 10.7. The summed E-state index contributed by atoms with van der Waals surface area (Å²) in [6.45, 7) is 23.7. The van der Waals surface area contributed by atoms with E-state index in [1.165, 1.54) is 5.56 Å². The van der Waals surface area contributed by atoms with Gasteiger partial charge < -0.3 is 63.2 Å². The normalized spacial score (nSPS) is 16.6. The van der Waals surface area contributed by atoms with E-state index < -0.39 is 0 Å². The first-order valence-corrected chi connectivity index (χ1v) is 30.2. The van der Waals surface area contributed by atoms with Crippen molar-refractivity contribution < 1.29 is 67.9 Å². The molecule has 0 fully saturated rings. The van der Waals surface area contributed by atoms with Crippen LogP contribution in [0.4, 0.5) is 5.69 Å². The number of esters is 2. The van der Waals surface area contributed by atoms with Crippen LogP contribution < -0.4 is 4.90 Å². The molecule has 3 aromatic rings. The number of hydrogen-bond acceptors (Lipinski definition) is 16. The van der Waals surface area contributed by atoms with Gasteiger partial charge in [0.05, 0.1) is 92.5 Å². The standard InChI is InChI=1S/C67H100N2O14/c1-50-46-52(48-59(64(50)74)66(3,4)5)14-24-61(72)82-44-42-78-34-28-68(26-32-76-38-40-80-36-30-70)57-20-16-55(17-21-57)63(54-12-10-9-11-13-54)56-18-22-58(23-19-56)69(27-33-77-39-41-81-37-31-71)29-35-79-43-45-83-62(73)25-15-53-47-51(2)65(75)60(49-53)67(6,7)8/h9-12,16-18,20-22,46-49,54,56,58,63,70-71,74-75H,13-15,19,23-45H2,1-8H3. The van der Waals surface area contributed by atoms with Crippen molar-refractivity contribution in [1.29, 1.82) is 0 Å². The largest absolute Gasteiger partial charge is 0.507 e. The molecule has 2 aliphatic rings. The van der Waals surface area contributed by atoms with Crippen molar-refractivity contribution in [3.8, 4) is 11.5 Å². The van der Waals surface area contributed by atoms with Crippen LogP contribution in [0, 0.1) is 25.7 Å². The lowest BCUT2D eigenvalue weighted by Crippen LogP contribution is -2.41. The van der Waals surface area contributed by atoms with Crippen LogP contribution in [0.5, 0.6) is 11.5 Å². The molecule has 0 saturated carbocycles. The quantitative estimate of drug-likeness (QED) is 0.0239. The van der Waals surface area contributed by atoms with Crippen LogP contribution in [0.25, 0.3) is 0 Å². The average Bonchev–Trinajstić information content (AvgIpc) is 3.58. The third-order valence-electron chi connectivity index (χ3n) is 15.3. The first-order chi connectivity index (χ1) is 39.9. The number of allylic oxidation sites excluding steroid dienone is 5. The van der Waals surface area contributed by atoms with Crippen LogP contribution in [0.1, 0.15) is 119 Å². The summed E-state index contributed by atoms with van der Waals surface area (Å²) in [4.78, 5) is 30.1. The predicted octanol–water partition coefficient (Wildman–Crippen LogP) is 9.40. The number of carbonyl (C=O) groups is 2. The molecule has 4 unspecified atom stereocenters. The van der Waals surface area contributed by atoms with E-state index in [1.807, 2.05) is 38.1 Å². The Balaban J connectivity index is 1.16. The topological polar surface area (TPSA) is 195 Å². The molecule has 5 rings (SSSR count). The lowest BCUT2D eigenvalue weighted by atomic mass is 9.71. The fraction of sp³-hybridized carbons (Fsp3) is 0.612. The second-order valence-electron chi connectivity index (χ2n) is 23.7. The van der Waals surface area contributed by atoms with Crippen LogP contribution in [-0.4, -0.2) is 175 Å². The predicted molar refractivity (Wildman–Crippen MR) is 326 cm³/mol. The number of aliphatic hydroxyl groups is 2. The maximum atomic E-state index is 12.7. The molecule has 4 atom stereocenters. The third kappa shape index (κ3) is 24.4. The first-order valence-electron chi connectivity index (χ1n) is 30.2. The molecule has 462 valence electrons. The van der Waals surface area contributed by atoms with E-state index >= 15 is 0 Å². The summed E-state index contributed by atoms with van der Waals surface area (Å²) in [6.07, 6.45) is 18.1. The minimum atomic E-state index is -0.290. The number of carbonyl (C=O) groups excluding carboxylic acids is 2. The van der Waals surface area contributed by atoms with Crippen molar-refractivity contribution in [3.05, 3.63) is 124 Å². The molecule has 0 saturated heterocycles. The van der Waals surface area contributed by atoms with Gasteiger partial charge in [-0.25, -0.2) is 0 Å². The number of rotatable bonds is 39. The third-order valence-corrected chi connectivity index (χ3v) is 15.3. The molecule has 0 bridgehead atoms. The molecule has 16 heteroatoms. The lowest BCUT2D eigenvalue weighted by molar-refractivity contribution is -0.146. The number of hydrogen-bond donors (Lipinski definition) is 4. The Morgan fingerprint density at radius 2 is 1.00 bits per heavy atom. The zero-order chi connectivity index (χ0) is 60.0. The molecule has 16 nitrogen and oxygen atoms in total. The van der Waals surface area contributed by atoms with Crippen LogP contribution in [0.2, 0.25) is 0 Å². The molecule has 0 aliphatic heterocycles. The van der Waals surface area contributed by atoms with Gasteiger partial charge in [0.1, 0.15) is 24.7 Å². The number of nitrogens with zero attached hydrogens (tertiary/aromatic N) is 2. The van der Waals surface area contributed by atoms with Gasteiger partial charge in [-0.2, -0.15) is 0 Å². The smallest absolute Gasteiger partial charge is 0.306 e. The Morgan fingerprint density at radius 3 is 1.42 bits per heavy atom. The molecule has 83 heavy (non-hydrogen) atoms. The van der Waals surface area contributed by atoms with Gasteiger partial charge in [-0.05, 0) is 126 Å². The highest BCUT2D eigenvalue weighted by atomic mass is 16.6. The van der Waals surface area contributed by atoms with Gasteiger partial charge in [0.25, 0.3) is 0 Å². The van der Waals surface area contributed by atoms with Crippen molar-refractivity contribution in [3.63, 3.8) is 0 Å². The maximum absolute atomic E-state index is 12.7. The van der Waals surface area contributed by atoms with Gasteiger partial charge in [-0.1, -0.05) is 114 Å². The zero-order valence-electron chi connectivity index (χ0n) is 51.2. The first kappa shape index (κ1) is 68.6. The van der Waals surface area contributed by atoms with E-state index in [1.54, 1.807) is 0 Å². The van der Waals surface area contributed by atoms with Crippen LogP contribution in [0.3, 0.4) is 0 Å². The van der Waals surface area contributed by atoms with Crippen LogP contribution in [0.15, 0.2) is 85.0 Å². The Kier molecular flexibility index (Phi) is 30.3. The van der Waals surface area contributed by atoms with E-state index in [2.05, 4.69) is 112 Å². The van der Waals surface area contributed by atoms with E-state index in [-0.39, 0.29) is 93.8 Å². The summed E-state index contributed by atoms with van der Waals surface area (Å²) in [7, 11) is 0. The fourth-order valence-electron chi connectivity index (χ4n) is 10.7. The number of aromatic hydroxyl groups is 2. The van der Waals surface area contributed by atoms with Crippen molar-refractivity contribution >= 4 is 17.6 Å². The molecule has 0 aromatic heterocycles. The van der Waals surface area contributed by atoms with Gasteiger partial charge in [-0.15, -0.1) is 0 Å². The minimum Gasteiger partial charge on any atom is -0.507 e. The highest BCUT2D eigenvalue weighted by Gasteiger charge is 2.32. The van der Waals surface area contributed by atoms with Crippen molar-refractivity contribution in [1.82, 2.24) is 4.90 Å². The van der Waals surface area contributed by atoms with Gasteiger partial charge in [0.15, 0.2) is 0 Å². The maximum Gasteiger partial charge on any atom is 0.306 e. The molecule has 3 aromatic carbocycles. The Bertz CT molecular complexity index is 2460. The summed E-state index contributed by atoms with van der Waals surface area (Å²) in [5.41, 5.74) is 7.20. The highest BCUT2D eigenvalue weighted by molar-refractivity contribution is 5.70. The number of phenols is 2. The van der Waals surface area contributed by atoms with Gasteiger partial charge in [-0.3, -0.25) is 14.5 Å². The summed E-state index contributed by atoms with van der Waals surface area (Å²) < 4.78 is 45.9. The molecule has 0 heterocycles. The Hall–Kier alpha value is -5.14. The average molecular weight is 1160 g/mol. The number of benzene rings is 3. The number of phenolic OH excluding ortho intramolecular Hbond substituents is 2. The van der Waals surface area contributed by atoms with Crippen LogP contribution >= 0.6 is 0 Å². The molecule has 0 amide bonds. The molecule has 4 N–H and O–H groups in total. The Labute approximate surface area is 495 Å². The number of aryl methyl sites for hydroxylation is 4. The number of aliphatic hydroxyl groups excluding tert-OH is 2. The number of ether oxygens (including phenoxy) is 8. The van der Waals surface area contributed by atoms with E-state index in [0.29, 0.717) is 122 Å². The van der Waals surface area contributed by atoms with Crippen molar-refractivity contribution in [2.45, 2.75) is 123 Å². The molecule has 2 aliphatic carbocycles. The zero-order valence-corrected chi connectivity index (χ0v) is 51.2. The second-order valence-corrected chi connectivity index (χ2v) is 23.7. The molecular weight excluding hydrogens is 1060 g/mol. The van der Waals surface area contributed by atoms with Crippen LogP contribution in [-0.2, 0) is 71.2 Å². The second kappa shape index (κ2) is 36.6.